The van der Waals surface area contributed by atoms with Crippen molar-refractivity contribution in [2.24, 2.45) is 0 Å². The van der Waals surface area contributed by atoms with Gasteiger partial charge in [-0.2, -0.15) is 0 Å². The first-order valence-corrected chi connectivity index (χ1v) is 7.08. The maximum atomic E-state index is 12.4. The summed E-state index contributed by atoms with van der Waals surface area (Å²) in [5.74, 6) is -0.0659. The molecule has 0 radical (unpaired) electrons. The third-order valence-corrected chi connectivity index (χ3v) is 4.19. The zero-order valence-electron chi connectivity index (χ0n) is 9.51. The van der Waals surface area contributed by atoms with E-state index >= 15 is 0 Å². The van der Waals surface area contributed by atoms with E-state index in [1.54, 1.807) is 24.3 Å². The van der Waals surface area contributed by atoms with Gasteiger partial charge in [-0.15, -0.1) is 0 Å². The Balaban J connectivity index is 2.47. The molecular formula is C14H9Cl2IO. The largest absolute Gasteiger partial charge is 0.289 e. The molecule has 18 heavy (non-hydrogen) atoms. The van der Waals surface area contributed by atoms with Crippen LogP contribution in [0.5, 0.6) is 0 Å². The summed E-state index contributed by atoms with van der Waals surface area (Å²) in [6, 6.07) is 10.6. The Hall–Kier alpha value is -0.580. The van der Waals surface area contributed by atoms with E-state index < -0.39 is 0 Å². The summed E-state index contributed by atoms with van der Waals surface area (Å²) in [4.78, 5) is 12.4. The number of aryl methyl sites for hydroxylation is 1. The number of ketones is 1. The predicted molar refractivity (Wildman–Crippen MR) is 83.8 cm³/mol. The fourth-order valence-corrected chi connectivity index (χ4v) is 2.49. The van der Waals surface area contributed by atoms with E-state index in [0.29, 0.717) is 21.2 Å². The molecule has 0 atom stereocenters. The molecule has 1 nitrogen and oxygen atoms in total. The van der Waals surface area contributed by atoms with Crippen molar-refractivity contribution >= 4 is 51.6 Å². The second-order valence-electron chi connectivity index (χ2n) is 3.92. The maximum Gasteiger partial charge on any atom is 0.194 e. The van der Waals surface area contributed by atoms with E-state index in [0.717, 1.165) is 9.13 Å². The van der Waals surface area contributed by atoms with Crippen LogP contribution < -0.4 is 0 Å². The van der Waals surface area contributed by atoms with Crippen LogP contribution in [0.1, 0.15) is 21.5 Å². The fraction of sp³-hybridized carbons (Fsp3) is 0.0714. The molecule has 0 unspecified atom stereocenters. The summed E-state index contributed by atoms with van der Waals surface area (Å²) in [5, 5.41) is 1.15. The molecule has 0 aliphatic carbocycles. The van der Waals surface area contributed by atoms with Crippen molar-refractivity contribution in [3.63, 3.8) is 0 Å². The van der Waals surface area contributed by atoms with E-state index in [2.05, 4.69) is 22.6 Å². The molecule has 2 aromatic rings. The van der Waals surface area contributed by atoms with Crippen LogP contribution in [-0.4, -0.2) is 5.78 Å². The maximum absolute atomic E-state index is 12.4. The van der Waals surface area contributed by atoms with Crippen molar-refractivity contribution in [3.8, 4) is 0 Å². The van der Waals surface area contributed by atoms with Gasteiger partial charge in [0, 0.05) is 24.7 Å². The van der Waals surface area contributed by atoms with E-state index in [-0.39, 0.29) is 5.78 Å². The van der Waals surface area contributed by atoms with Gasteiger partial charge in [0.2, 0.25) is 0 Å². The lowest BCUT2D eigenvalue weighted by Gasteiger charge is -2.06. The van der Waals surface area contributed by atoms with Crippen LogP contribution in [0.2, 0.25) is 10.0 Å². The van der Waals surface area contributed by atoms with Crippen molar-refractivity contribution in [2.45, 2.75) is 6.92 Å². The molecule has 0 aliphatic heterocycles. The first-order valence-electron chi connectivity index (χ1n) is 5.25. The molecule has 0 heterocycles. The van der Waals surface area contributed by atoms with Gasteiger partial charge in [-0.1, -0.05) is 35.3 Å². The van der Waals surface area contributed by atoms with Crippen molar-refractivity contribution < 1.29 is 4.79 Å². The average molecular weight is 391 g/mol. The predicted octanol–water partition coefficient (Wildman–Crippen LogP) is 5.14. The molecule has 2 aromatic carbocycles. The topological polar surface area (TPSA) is 17.1 Å². The van der Waals surface area contributed by atoms with Crippen molar-refractivity contribution in [1.29, 1.82) is 0 Å². The number of hydrogen-bond donors (Lipinski definition) is 0. The fourth-order valence-electron chi connectivity index (χ4n) is 1.56. The summed E-state index contributed by atoms with van der Waals surface area (Å²) < 4.78 is 0.874. The monoisotopic (exact) mass is 390 g/mol. The average Bonchev–Trinajstić information content (AvgIpc) is 2.35. The highest BCUT2D eigenvalue weighted by Gasteiger charge is 2.13. The highest BCUT2D eigenvalue weighted by atomic mass is 127. The Kier molecular flexibility index (Phi) is 4.30. The lowest BCUT2D eigenvalue weighted by molar-refractivity contribution is 0.103. The second-order valence-corrected chi connectivity index (χ2v) is 5.92. The molecule has 0 aromatic heterocycles. The molecule has 0 N–H and O–H groups in total. The third kappa shape index (κ3) is 2.87. The van der Waals surface area contributed by atoms with Gasteiger partial charge in [0.15, 0.2) is 5.78 Å². The molecule has 2 rings (SSSR count). The van der Waals surface area contributed by atoms with Crippen LogP contribution >= 0.6 is 45.8 Å². The SMILES string of the molecule is Cc1ccc(C(=O)c2cc(Cl)ccc2I)cc1Cl. The van der Waals surface area contributed by atoms with Gasteiger partial charge in [0.1, 0.15) is 0 Å². The highest BCUT2D eigenvalue weighted by molar-refractivity contribution is 14.1. The zero-order valence-corrected chi connectivity index (χ0v) is 13.2. The summed E-state index contributed by atoms with van der Waals surface area (Å²) in [5.41, 5.74) is 2.13. The standard InChI is InChI=1S/C14H9Cl2IO/c1-8-2-3-9(6-12(8)16)14(18)11-7-10(15)4-5-13(11)17/h2-7H,1H3. The Morgan fingerprint density at radius 2 is 1.83 bits per heavy atom. The quantitative estimate of drug-likeness (QED) is 0.512. The lowest BCUT2D eigenvalue weighted by Crippen LogP contribution is -2.04. The second kappa shape index (κ2) is 5.59. The van der Waals surface area contributed by atoms with Crippen molar-refractivity contribution in [2.75, 3.05) is 0 Å². The molecular weight excluding hydrogens is 382 g/mol. The van der Waals surface area contributed by atoms with E-state index in [9.17, 15) is 4.79 Å². The molecule has 0 amide bonds. The minimum Gasteiger partial charge on any atom is -0.289 e. The minimum absolute atomic E-state index is 0.0659. The van der Waals surface area contributed by atoms with Crippen LogP contribution in [0.25, 0.3) is 0 Å². The van der Waals surface area contributed by atoms with Gasteiger partial charge in [0.25, 0.3) is 0 Å². The number of carbonyl (C=O) groups excluding carboxylic acids is 1. The van der Waals surface area contributed by atoms with Crippen LogP contribution in [0, 0.1) is 10.5 Å². The summed E-state index contributed by atoms with van der Waals surface area (Å²) in [6.07, 6.45) is 0. The van der Waals surface area contributed by atoms with Crippen LogP contribution in [0.3, 0.4) is 0 Å². The van der Waals surface area contributed by atoms with Crippen LogP contribution in [0.15, 0.2) is 36.4 Å². The molecule has 0 spiro atoms. The summed E-state index contributed by atoms with van der Waals surface area (Å²) in [7, 11) is 0. The lowest BCUT2D eigenvalue weighted by atomic mass is 10.0. The van der Waals surface area contributed by atoms with Gasteiger partial charge >= 0.3 is 0 Å². The van der Waals surface area contributed by atoms with Gasteiger partial charge in [0.05, 0.1) is 0 Å². The number of hydrogen-bond acceptors (Lipinski definition) is 1. The van der Waals surface area contributed by atoms with E-state index in [4.69, 9.17) is 23.2 Å². The van der Waals surface area contributed by atoms with Gasteiger partial charge in [-0.05, 0) is 59.3 Å². The first-order chi connectivity index (χ1) is 8.49. The zero-order chi connectivity index (χ0) is 13.3. The summed E-state index contributed by atoms with van der Waals surface area (Å²) in [6.45, 7) is 1.90. The molecule has 4 heteroatoms. The number of rotatable bonds is 2. The Labute approximate surface area is 129 Å². The molecule has 0 aliphatic rings. The van der Waals surface area contributed by atoms with Crippen molar-refractivity contribution in [3.05, 3.63) is 66.7 Å². The van der Waals surface area contributed by atoms with Gasteiger partial charge in [-0.25, -0.2) is 0 Å². The smallest absolute Gasteiger partial charge is 0.194 e. The normalized spacial score (nSPS) is 10.4. The highest BCUT2D eigenvalue weighted by Crippen LogP contribution is 2.23. The van der Waals surface area contributed by atoms with Crippen molar-refractivity contribution in [1.82, 2.24) is 0 Å². The van der Waals surface area contributed by atoms with E-state index in [1.807, 2.05) is 19.1 Å². The van der Waals surface area contributed by atoms with Crippen LogP contribution in [0.4, 0.5) is 0 Å². The van der Waals surface area contributed by atoms with Crippen LogP contribution in [-0.2, 0) is 0 Å². The molecule has 0 saturated carbocycles. The Morgan fingerprint density at radius 3 is 2.50 bits per heavy atom. The first kappa shape index (κ1) is 13.8. The summed E-state index contributed by atoms with van der Waals surface area (Å²) >= 11 is 14.1. The van der Waals surface area contributed by atoms with Gasteiger partial charge in [-0.3, -0.25) is 4.79 Å². The molecule has 0 fully saturated rings. The molecule has 0 saturated heterocycles. The number of halogens is 3. The Morgan fingerprint density at radius 1 is 1.11 bits per heavy atom. The molecule has 0 bridgehead atoms. The Bertz CT molecular complexity index is 623. The van der Waals surface area contributed by atoms with Gasteiger partial charge < -0.3 is 0 Å². The number of benzene rings is 2. The minimum atomic E-state index is -0.0659. The van der Waals surface area contributed by atoms with E-state index in [1.165, 1.54) is 0 Å². The number of carbonyl (C=O) groups is 1. The third-order valence-electron chi connectivity index (χ3n) is 2.61. The molecule has 92 valence electrons.